The predicted octanol–water partition coefficient (Wildman–Crippen LogP) is 1.48. The van der Waals surface area contributed by atoms with Crippen molar-refractivity contribution >= 4 is 31.6 Å². The fourth-order valence-electron chi connectivity index (χ4n) is 1.79. The van der Waals surface area contributed by atoms with E-state index in [4.69, 9.17) is 10.9 Å². The van der Waals surface area contributed by atoms with E-state index in [9.17, 15) is 8.42 Å². The first-order valence-corrected chi connectivity index (χ1v) is 7.70. The first-order valence-electron chi connectivity index (χ1n) is 5.36. The molecule has 0 unspecified atom stereocenters. The van der Waals surface area contributed by atoms with Crippen molar-refractivity contribution < 1.29 is 8.42 Å². The smallest absolute Gasteiger partial charge is 0.240 e. The number of benzene rings is 1. The van der Waals surface area contributed by atoms with E-state index in [2.05, 4.69) is 21.0 Å². The summed E-state index contributed by atoms with van der Waals surface area (Å²) >= 11 is 3.40. The van der Waals surface area contributed by atoms with Gasteiger partial charge in [0.1, 0.15) is 4.90 Å². The zero-order chi connectivity index (χ0) is 14.4. The Hall–Kier alpha value is -1.38. The number of hydrogen-bond acceptors (Lipinski definition) is 4. The number of aryl methyl sites for hydroxylation is 1. The van der Waals surface area contributed by atoms with E-state index in [1.54, 1.807) is 12.1 Å². The average molecular weight is 345 g/mol. The van der Waals surface area contributed by atoms with Crippen LogP contribution in [0.3, 0.4) is 0 Å². The quantitative estimate of drug-likeness (QED) is 0.805. The van der Waals surface area contributed by atoms with Gasteiger partial charge in [0.25, 0.3) is 0 Å². The van der Waals surface area contributed by atoms with Gasteiger partial charge in [-0.15, -0.1) is 0 Å². The number of nitrogen functional groups attached to an aromatic ring is 1. The molecule has 0 aliphatic rings. The Bertz CT molecular complexity index is 752. The lowest BCUT2D eigenvalue weighted by Crippen LogP contribution is -2.16. The first-order chi connectivity index (χ1) is 8.71. The third-order valence-corrected chi connectivity index (χ3v) is 4.81. The Morgan fingerprint density at radius 2 is 1.95 bits per heavy atom. The molecular weight excluding hydrogens is 332 g/mol. The summed E-state index contributed by atoms with van der Waals surface area (Å²) in [4.78, 5) is -0.0504. The van der Waals surface area contributed by atoms with Crippen molar-refractivity contribution in [3.63, 3.8) is 0 Å². The molecule has 1 aromatic heterocycles. The van der Waals surface area contributed by atoms with E-state index in [-0.39, 0.29) is 4.90 Å². The number of aromatic nitrogens is 2. The standard InChI is InChI=1S/C11H13BrN4O2S/c1-6-11(12)7(2)16(15-6)9-4-3-8(13)5-10(9)19(14,17)18/h3-5H,13H2,1-2H3,(H2,14,17,18). The predicted molar refractivity (Wildman–Crippen MR) is 76.5 cm³/mol. The molecule has 0 amide bonds. The summed E-state index contributed by atoms with van der Waals surface area (Å²) in [5, 5.41) is 9.52. The van der Waals surface area contributed by atoms with Gasteiger partial charge < -0.3 is 5.73 Å². The lowest BCUT2D eigenvalue weighted by atomic mass is 10.3. The Morgan fingerprint density at radius 1 is 1.32 bits per heavy atom. The second-order valence-electron chi connectivity index (χ2n) is 4.17. The topological polar surface area (TPSA) is 104 Å². The Labute approximate surface area is 119 Å². The van der Waals surface area contributed by atoms with Gasteiger partial charge in [-0.05, 0) is 48.0 Å². The van der Waals surface area contributed by atoms with Crippen LogP contribution in [0.1, 0.15) is 11.4 Å². The molecule has 0 saturated carbocycles. The second kappa shape index (κ2) is 4.62. The molecule has 4 N–H and O–H groups in total. The van der Waals surface area contributed by atoms with E-state index in [1.165, 1.54) is 10.7 Å². The highest BCUT2D eigenvalue weighted by atomic mass is 79.9. The molecule has 0 bridgehead atoms. The van der Waals surface area contributed by atoms with Gasteiger partial charge in [-0.25, -0.2) is 18.2 Å². The maximum atomic E-state index is 11.7. The lowest BCUT2D eigenvalue weighted by Gasteiger charge is -2.10. The lowest BCUT2D eigenvalue weighted by molar-refractivity contribution is 0.596. The fourth-order valence-corrected chi connectivity index (χ4v) is 2.79. The Kier molecular flexibility index (Phi) is 3.41. The summed E-state index contributed by atoms with van der Waals surface area (Å²) in [7, 11) is -3.88. The largest absolute Gasteiger partial charge is 0.399 e. The van der Waals surface area contributed by atoms with Crippen molar-refractivity contribution in [1.29, 1.82) is 0 Å². The zero-order valence-corrected chi connectivity index (χ0v) is 12.8. The summed E-state index contributed by atoms with van der Waals surface area (Å²) in [6, 6.07) is 4.52. The number of hydrogen-bond donors (Lipinski definition) is 2. The number of halogens is 1. The third kappa shape index (κ3) is 2.51. The van der Waals surface area contributed by atoms with Gasteiger partial charge in [0.05, 0.1) is 21.5 Å². The molecule has 2 aromatic rings. The van der Waals surface area contributed by atoms with Gasteiger partial charge >= 0.3 is 0 Å². The monoisotopic (exact) mass is 344 g/mol. The van der Waals surface area contributed by atoms with Gasteiger partial charge in [-0.3, -0.25) is 0 Å². The van der Waals surface area contributed by atoms with Crippen molar-refractivity contribution in [1.82, 2.24) is 9.78 Å². The van der Waals surface area contributed by atoms with E-state index < -0.39 is 10.0 Å². The molecule has 0 saturated heterocycles. The SMILES string of the molecule is Cc1nn(-c2ccc(N)cc2S(N)(=O)=O)c(C)c1Br. The molecule has 1 aromatic carbocycles. The molecule has 0 radical (unpaired) electrons. The van der Waals surface area contributed by atoms with Crippen molar-refractivity contribution in [3.8, 4) is 5.69 Å². The number of primary sulfonamides is 1. The average Bonchev–Trinajstić information content (AvgIpc) is 2.56. The van der Waals surface area contributed by atoms with Gasteiger partial charge in [0, 0.05) is 5.69 Å². The molecule has 2 rings (SSSR count). The molecular formula is C11H13BrN4O2S. The highest BCUT2D eigenvalue weighted by molar-refractivity contribution is 9.10. The molecule has 102 valence electrons. The number of rotatable bonds is 2. The molecule has 0 spiro atoms. The summed E-state index contributed by atoms with van der Waals surface area (Å²) in [5.74, 6) is 0. The van der Waals surface area contributed by atoms with E-state index in [0.717, 1.165) is 15.9 Å². The fraction of sp³-hybridized carbons (Fsp3) is 0.182. The van der Waals surface area contributed by atoms with Crippen LogP contribution in [0, 0.1) is 13.8 Å². The third-order valence-electron chi connectivity index (χ3n) is 2.72. The number of nitrogens with two attached hydrogens (primary N) is 2. The molecule has 0 aliphatic carbocycles. The van der Waals surface area contributed by atoms with Crippen LogP contribution in [0.2, 0.25) is 0 Å². The maximum absolute atomic E-state index is 11.7. The van der Waals surface area contributed by atoms with Crippen LogP contribution in [0.4, 0.5) is 5.69 Å². The molecule has 0 atom stereocenters. The highest BCUT2D eigenvalue weighted by Crippen LogP contribution is 2.27. The minimum Gasteiger partial charge on any atom is -0.399 e. The van der Waals surface area contributed by atoms with Gasteiger partial charge in [-0.1, -0.05) is 0 Å². The Balaban J connectivity index is 2.79. The molecule has 8 heteroatoms. The number of sulfonamides is 1. The van der Waals surface area contributed by atoms with Crippen LogP contribution in [0.5, 0.6) is 0 Å². The van der Waals surface area contributed by atoms with Gasteiger partial charge in [-0.2, -0.15) is 5.10 Å². The molecule has 1 heterocycles. The van der Waals surface area contributed by atoms with Gasteiger partial charge in [0.15, 0.2) is 0 Å². The minimum atomic E-state index is -3.88. The van der Waals surface area contributed by atoms with E-state index >= 15 is 0 Å². The maximum Gasteiger partial charge on any atom is 0.240 e. The van der Waals surface area contributed by atoms with Crippen molar-refractivity contribution in [2.45, 2.75) is 18.7 Å². The normalized spacial score (nSPS) is 11.8. The first kappa shape index (κ1) is 14.0. The summed E-state index contributed by atoms with van der Waals surface area (Å²) in [6.45, 7) is 3.65. The minimum absolute atomic E-state index is 0.0504. The van der Waals surface area contributed by atoms with Gasteiger partial charge in [0.2, 0.25) is 10.0 Å². The van der Waals surface area contributed by atoms with Crippen molar-refractivity contribution in [2.75, 3.05) is 5.73 Å². The van der Waals surface area contributed by atoms with Crippen LogP contribution >= 0.6 is 15.9 Å². The molecule has 0 aliphatic heterocycles. The van der Waals surface area contributed by atoms with E-state index in [0.29, 0.717) is 11.4 Å². The van der Waals surface area contributed by atoms with Crippen molar-refractivity contribution in [2.24, 2.45) is 5.14 Å². The second-order valence-corrected chi connectivity index (χ2v) is 6.49. The number of nitrogens with zero attached hydrogens (tertiary/aromatic N) is 2. The summed E-state index contributed by atoms with van der Waals surface area (Å²) in [5.41, 5.74) is 7.86. The van der Waals surface area contributed by atoms with Crippen LogP contribution in [0.25, 0.3) is 5.69 Å². The van der Waals surface area contributed by atoms with Crippen LogP contribution in [-0.4, -0.2) is 18.2 Å². The molecule has 6 nitrogen and oxygen atoms in total. The van der Waals surface area contributed by atoms with Crippen molar-refractivity contribution in [3.05, 3.63) is 34.1 Å². The highest BCUT2D eigenvalue weighted by Gasteiger charge is 2.19. The van der Waals surface area contributed by atoms with E-state index in [1.807, 2.05) is 13.8 Å². The van der Waals surface area contributed by atoms with Crippen LogP contribution < -0.4 is 10.9 Å². The zero-order valence-electron chi connectivity index (χ0n) is 10.4. The summed E-state index contributed by atoms with van der Waals surface area (Å²) < 4.78 is 25.7. The van der Waals surface area contributed by atoms with Crippen LogP contribution in [0.15, 0.2) is 27.6 Å². The summed E-state index contributed by atoms with van der Waals surface area (Å²) in [6.07, 6.45) is 0. The number of anilines is 1. The molecule has 19 heavy (non-hydrogen) atoms. The molecule has 0 fully saturated rings. The van der Waals surface area contributed by atoms with Crippen LogP contribution in [-0.2, 0) is 10.0 Å². The Morgan fingerprint density at radius 3 is 2.42 bits per heavy atom.